The molecule has 31 heavy (non-hydrogen) atoms. The monoisotopic (exact) mass is 460 g/mol. The molecule has 0 radical (unpaired) electrons. The number of thioether (sulfide) groups is 1. The molecule has 0 aliphatic heterocycles. The third-order valence-corrected chi connectivity index (χ3v) is 5.77. The highest BCUT2D eigenvalue weighted by Crippen LogP contribution is 2.29. The van der Waals surface area contributed by atoms with Crippen LogP contribution in [0.25, 0.3) is 11.4 Å². The van der Waals surface area contributed by atoms with Gasteiger partial charge in [-0.3, -0.25) is 4.79 Å². The number of nitrogens with one attached hydrogen (secondary N) is 1. The van der Waals surface area contributed by atoms with Gasteiger partial charge in [0, 0.05) is 17.1 Å². The van der Waals surface area contributed by atoms with Crippen molar-refractivity contribution in [3.05, 3.63) is 47.5 Å². The summed E-state index contributed by atoms with van der Waals surface area (Å²) in [4.78, 5) is 12.5. The first-order valence-corrected chi connectivity index (χ1v) is 11.3. The quantitative estimate of drug-likeness (QED) is 0.422. The van der Waals surface area contributed by atoms with Gasteiger partial charge >= 0.3 is 0 Å². The standard InChI is InChI=1S/C22H25ClN4O3S/c1-4-5-12-27-21(15-6-9-17(29-2)10-7-15)25-26-22(27)31-14-20(28)24-18-13-16(23)8-11-19(18)30-3/h6-11,13H,4-5,12,14H2,1-3H3,(H,24,28). The van der Waals surface area contributed by atoms with Crippen molar-refractivity contribution in [3.63, 3.8) is 0 Å². The predicted molar refractivity (Wildman–Crippen MR) is 124 cm³/mol. The number of halogens is 1. The predicted octanol–water partition coefficient (Wildman–Crippen LogP) is 5.15. The molecule has 0 spiro atoms. The van der Waals surface area contributed by atoms with Crippen molar-refractivity contribution in [1.82, 2.24) is 14.8 Å². The Labute approximate surface area is 191 Å². The van der Waals surface area contributed by atoms with Crippen LogP contribution >= 0.6 is 23.4 Å². The van der Waals surface area contributed by atoms with Crippen LogP contribution in [0, 0.1) is 0 Å². The maximum absolute atomic E-state index is 12.5. The van der Waals surface area contributed by atoms with Crippen LogP contribution in [0.2, 0.25) is 5.02 Å². The number of nitrogens with zero attached hydrogens (tertiary/aromatic N) is 3. The molecular weight excluding hydrogens is 436 g/mol. The molecule has 0 atom stereocenters. The van der Waals surface area contributed by atoms with E-state index < -0.39 is 0 Å². The Kier molecular flexibility index (Phi) is 8.20. The molecule has 164 valence electrons. The second-order valence-electron chi connectivity index (χ2n) is 6.72. The summed E-state index contributed by atoms with van der Waals surface area (Å²) in [6.07, 6.45) is 2.03. The molecule has 0 saturated heterocycles. The highest BCUT2D eigenvalue weighted by atomic mass is 35.5. The summed E-state index contributed by atoms with van der Waals surface area (Å²) in [6, 6.07) is 12.8. The first-order chi connectivity index (χ1) is 15.0. The van der Waals surface area contributed by atoms with Crippen molar-refractivity contribution in [2.75, 3.05) is 25.3 Å². The molecular formula is C22H25ClN4O3S. The van der Waals surface area contributed by atoms with Gasteiger partial charge in [-0.25, -0.2) is 0 Å². The Balaban J connectivity index is 1.74. The second kappa shape index (κ2) is 11.1. The molecule has 0 bridgehead atoms. The number of carbonyl (C=O) groups excluding carboxylic acids is 1. The minimum absolute atomic E-state index is 0.179. The molecule has 0 aliphatic rings. The van der Waals surface area contributed by atoms with Gasteiger partial charge in [0.25, 0.3) is 0 Å². The van der Waals surface area contributed by atoms with Crippen LogP contribution in [0.4, 0.5) is 5.69 Å². The summed E-state index contributed by atoms with van der Waals surface area (Å²) < 4.78 is 12.6. The summed E-state index contributed by atoms with van der Waals surface area (Å²) in [5.41, 5.74) is 1.48. The average molecular weight is 461 g/mol. The number of hydrogen-bond donors (Lipinski definition) is 1. The van der Waals surface area contributed by atoms with E-state index in [4.69, 9.17) is 21.1 Å². The van der Waals surface area contributed by atoms with Crippen LogP contribution in [-0.4, -0.2) is 40.6 Å². The molecule has 0 aliphatic carbocycles. The lowest BCUT2D eigenvalue weighted by Crippen LogP contribution is -2.15. The number of benzene rings is 2. The molecule has 1 heterocycles. The Bertz CT molecular complexity index is 1020. The lowest BCUT2D eigenvalue weighted by molar-refractivity contribution is -0.113. The minimum atomic E-state index is -0.179. The third kappa shape index (κ3) is 5.92. The van der Waals surface area contributed by atoms with Crippen molar-refractivity contribution in [3.8, 4) is 22.9 Å². The van der Waals surface area contributed by atoms with Gasteiger partial charge in [0.2, 0.25) is 5.91 Å². The average Bonchev–Trinajstić information content (AvgIpc) is 3.19. The first-order valence-electron chi connectivity index (χ1n) is 9.89. The van der Waals surface area contributed by atoms with Crippen LogP contribution in [0.1, 0.15) is 19.8 Å². The summed E-state index contributed by atoms with van der Waals surface area (Å²) in [6.45, 7) is 2.91. The Morgan fingerprint density at radius 3 is 2.58 bits per heavy atom. The molecule has 2 aromatic carbocycles. The normalized spacial score (nSPS) is 10.7. The minimum Gasteiger partial charge on any atom is -0.497 e. The number of carbonyl (C=O) groups is 1. The van der Waals surface area contributed by atoms with E-state index in [1.807, 2.05) is 24.3 Å². The van der Waals surface area contributed by atoms with Crippen LogP contribution in [0.3, 0.4) is 0 Å². The van der Waals surface area contributed by atoms with Gasteiger partial charge in [-0.1, -0.05) is 36.7 Å². The van der Waals surface area contributed by atoms with Crippen molar-refractivity contribution >= 4 is 35.0 Å². The lowest BCUT2D eigenvalue weighted by atomic mass is 10.2. The largest absolute Gasteiger partial charge is 0.497 e. The smallest absolute Gasteiger partial charge is 0.234 e. The molecule has 3 aromatic rings. The van der Waals surface area contributed by atoms with Gasteiger partial charge in [0.15, 0.2) is 11.0 Å². The van der Waals surface area contributed by atoms with Crippen molar-refractivity contribution < 1.29 is 14.3 Å². The number of rotatable bonds is 10. The molecule has 1 aromatic heterocycles. The number of hydrogen-bond acceptors (Lipinski definition) is 6. The number of ether oxygens (including phenoxy) is 2. The molecule has 0 fully saturated rings. The Morgan fingerprint density at radius 2 is 1.90 bits per heavy atom. The van der Waals surface area contributed by atoms with Crippen molar-refractivity contribution in [1.29, 1.82) is 0 Å². The third-order valence-electron chi connectivity index (χ3n) is 4.57. The molecule has 1 N–H and O–H groups in total. The molecule has 9 heteroatoms. The maximum atomic E-state index is 12.5. The van der Waals surface area contributed by atoms with E-state index >= 15 is 0 Å². The van der Waals surface area contributed by atoms with Crippen molar-refractivity contribution in [2.24, 2.45) is 0 Å². The summed E-state index contributed by atoms with van der Waals surface area (Å²) >= 11 is 7.38. The number of aromatic nitrogens is 3. The van der Waals surface area contributed by atoms with Gasteiger partial charge < -0.3 is 19.4 Å². The second-order valence-corrected chi connectivity index (χ2v) is 8.10. The zero-order valence-corrected chi connectivity index (χ0v) is 19.3. The lowest BCUT2D eigenvalue weighted by Gasteiger charge is -2.11. The number of amides is 1. The van der Waals surface area contributed by atoms with Crippen molar-refractivity contribution in [2.45, 2.75) is 31.5 Å². The van der Waals surface area contributed by atoms with Crippen LogP contribution < -0.4 is 14.8 Å². The molecule has 7 nitrogen and oxygen atoms in total. The van der Waals surface area contributed by atoms with E-state index in [9.17, 15) is 4.79 Å². The van der Waals surface area contributed by atoms with E-state index in [1.165, 1.54) is 11.8 Å². The van der Waals surface area contributed by atoms with Gasteiger partial charge in [0.1, 0.15) is 11.5 Å². The number of methoxy groups -OCH3 is 2. The maximum Gasteiger partial charge on any atom is 0.234 e. The zero-order valence-electron chi connectivity index (χ0n) is 17.7. The Hall–Kier alpha value is -2.71. The number of anilines is 1. The SMILES string of the molecule is CCCCn1c(SCC(=O)Nc2cc(Cl)ccc2OC)nnc1-c1ccc(OC)cc1. The molecule has 0 unspecified atom stereocenters. The fourth-order valence-corrected chi connectivity index (χ4v) is 3.90. The molecule has 1 amide bonds. The summed E-state index contributed by atoms with van der Waals surface area (Å²) in [7, 11) is 3.18. The number of unbranched alkanes of at least 4 members (excludes halogenated alkanes) is 1. The van der Waals surface area contributed by atoms with E-state index in [2.05, 4.69) is 27.0 Å². The summed E-state index contributed by atoms with van der Waals surface area (Å²) in [5.74, 6) is 2.11. The van der Waals surface area contributed by atoms with E-state index in [0.717, 1.165) is 36.5 Å². The fraction of sp³-hybridized carbons (Fsp3) is 0.318. The van der Waals surface area contributed by atoms with Gasteiger partial charge in [-0.05, 0) is 48.9 Å². The topological polar surface area (TPSA) is 78.3 Å². The van der Waals surface area contributed by atoms with Gasteiger partial charge in [-0.15, -0.1) is 10.2 Å². The van der Waals surface area contributed by atoms with Gasteiger partial charge in [0.05, 0.1) is 25.7 Å². The fourth-order valence-electron chi connectivity index (χ4n) is 2.96. The van der Waals surface area contributed by atoms with Crippen LogP contribution in [0.5, 0.6) is 11.5 Å². The molecule has 3 rings (SSSR count). The zero-order chi connectivity index (χ0) is 22.2. The van der Waals surface area contributed by atoms with Gasteiger partial charge in [-0.2, -0.15) is 0 Å². The van der Waals surface area contributed by atoms with Crippen LogP contribution in [-0.2, 0) is 11.3 Å². The summed E-state index contributed by atoms with van der Waals surface area (Å²) in [5, 5.41) is 12.8. The van der Waals surface area contributed by atoms with E-state index in [1.54, 1.807) is 32.4 Å². The Morgan fingerprint density at radius 1 is 1.13 bits per heavy atom. The van der Waals surface area contributed by atoms with E-state index in [0.29, 0.717) is 21.6 Å². The van der Waals surface area contributed by atoms with Crippen LogP contribution in [0.15, 0.2) is 47.6 Å². The first kappa shape index (κ1) is 23.0. The molecule has 0 saturated carbocycles. The highest BCUT2D eigenvalue weighted by Gasteiger charge is 2.16. The highest BCUT2D eigenvalue weighted by molar-refractivity contribution is 7.99. The van der Waals surface area contributed by atoms with E-state index in [-0.39, 0.29) is 11.7 Å².